The molecule has 1 aromatic carbocycles. The first-order valence-corrected chi connectivity index (χ1v) is 13.4. The van der Waals surface area contributed by atoms with Gasteiger partial charge < -0.3 is 19.8 Å². The van der Waals surface area contributed by atoms with Crippen LogP contribution in [0.5, 0.6) is 5.75 Å². The highest BCUT2D eigenvalue weighted by molar-refractivity contribution is 6.31. The van der Waals surface area contributed by atoms with Gasteiger partial charge in [-0.2, -0.15) is 0 Å². The van der Waals surface area contributed by atoms with E-state index in [0.717, 1.165) is 47.0 Å². The predicted molar refractivity (Wildman–Crippen MR) is 144 cm³/mol. The number of likely N-dealkylation sites (tertiary alicyclic amines) is 1. The number of rotatable bonds is 5. The molecule has 2 aliphatic heterocycles. The number of carbonyl (C=O) groups is 1. The summed E-state index contributed by atoms with van der Waals surface area (Å²) in [5, 5.41) is 32.5. The van der Waals surface area contributed by atoms with Crippen LogP contribution < -0.4 is 9.47 Å². The highest BCUT2D eigenvalue weighted by Crippen LogP contribution is 2.46. The zero-order chi connectivity index (χ0) is 27.1. The van der Waals surface area contributed by atoms with E-state index < -0.39 is 11.6 Å². The minimum absolute atomic E-state index is 0.0388. The lowest BCUT2D eigenvalue weighted by molar-refractivity contribution is -0.910. The number of ether oxygens (including phenoxy) is 1. The van der Waals surface area contributed by atoms with Crippen LogP contribution in [0, 0.1) is 11.3 Å². The number of piperidine rings is 1. The topological polar surface area (TPSA) is 94.1 Å². The van der Waals surface area contributed by atoms with Crippen LogP contribution >= 0.6 is 11.6 Å². The van der Waals surface area contributed by atoms with E-state index >= 15 is 0 Å². The zero-order valence-corrected chi connectivity index (χ0v) is 22.5. The van der Waals surface area contributed by atoms with Gasteiger partial charge in [-0.3, -0.25) is 5.21 Å². The van der Waals surface area contributed by atoms with Crippen molar-refractivity contribution in [1.29, 1.82) is 0 Å². The standard InChI is InChI=1S/C30H33ClN2O5/c1-29(2)19-32(16-13-30(29,36)21-8-10-22(31)11-9-21)14-3-5-23-24-6-4-15-33(37)26(24)18-38-27-12-7-20(28(34)35)17-25(23)27/h4-8,10-12,15,17,21,36H,3,9,13-14,16,18-19H2,1-2H3,(H-,34,35,37)/p+1/t21?,30-/m0/s1. The van der Waals surface area contributed by atoms with Crippen molar-refractivity contribution in [2.45, 2.75) is 45.3 Å². The number of aromatic carboxylic acids is 1. The van der Waals surface area contributed by atoms with Crippen LogP contribution in [-0.4, -0.2) is 51.5 Å². The van der Waals surface area contributed by atoms with E-state index in [1.165, 1.54) is 6.07 Å². The maximum absolute atomic E-state index is 11.8. The molecule has 1 aliphatic carbocycles. The summed E-state index contributed by atoms with van der Waals surface area (Å²) in [5.74, 6) is -0.385. The number of carboxylic acids is 1. The average Bonchev–Trinajstić information content (AvgIpc) is 3.04. The molecule has 200 valence electrons. The minimum Gasteiger partial charge on any atom is -0.482 e. The van der Waals surface area contributed by atoms with Crippen LogP contribution in [0.15, 0.2) is 65.9 Å². The van der Waals surface area contributed by atoms with Crippen molar-refractivity contribution in [3.8, 4) is 5.75 Å². The van der Waals surface area contributed by atoms with Gasteiger partial charge in [-0.05, 0) is 55.2 Å². The van der Waals surface area contributed by atoms with Gasteiger partial charge in [-0.25, -0.2) is 4.79 Å². The van der Waals surface area contributed by atoms with Gasteiger partial charge in [0.25, 0.3) is 5.69 Å². The van der Waals surface area contributed by atoms with Crippen molar-refractivity contribution >= 4 is 23.1 Å². The molecule has 1 saturated heterocycles. The number of halogens is 1. The Morgan fingerprint density at radius 3 is 2.82 bits per heavy atom. The summed E-state index contributed by atoms with van der Waals surface area (Å²) in [7, 11) is 0. The number of fused-ring (bicyclic) bond motifs is 2. The van der Waals surface area contributed by atoms with Crippen LogP contribution in [0.2, 0.25) is 0 Å². The second kappa shape index (κ2) is 10.2. The Kier molecular flexibility index (Phi) is 7.11. The third kappa shape index (κ3) is 4.86. The molecule has 3 N–H and O–H groups in total. The number of hydrogen-bond donors (Lipinski definition) is 3. The van der Waals surface area contributed by atoms with E-state index in [2.05, 4.69) is 24.8 Å². The summed E-state index contributed by atoms with van der Waals surface area (Å²) >= 11 is 6.11. The van der Waals surface area contributed by atoms with Crippen molar-refractivity contribution in [2.75, 3.05) is 19.6 Å². The van der Waals surface area contributed by atoms with Crippen LogP contribution in [-0.2, 0) is 6.61 Å². The number of nitrogens with zero attached hydrogens (tertiary/aromatic N) is 2. The molecule has 8 heteroatoms. The highest BCUT2D eigenvalue weighted by atomic mass is 35.5. The molecule has 7 nitrogen and oxygen atoms in total. The van der Waals surface area contributed by atoms with Gasteiger partial charge in [0, 0.05) is 52.4 Å². The van der Waals surface area contributed by atoms with Gasteiger partial charge in [0.05, 0.1) is 16.7 Å². The van der Waals surface area contributed by atoms with E-state index in [4.69, 9.17) is 16.3 Å². The lowest BCUT2D eigenvalue weighted by Gasteiger charge is -2.53. The molecular weight excluding hydrogens is 504 g/mol. The molecule has 1 aromatic heterocycles. The number of aliphatic hydroxyl groups is 1. The fraction of sp³-hybridized carbons (Fsp3) is 0.400. The predicted octanol–water partition coefficient (Wildman–Crippen LogP) is 4.79. The quantitative estimate of drug-likeness (QED) is 0.375. The molecule has 3 heterocycles. The van der Waals surface area contributed by atoms with Crippen molar-refractivity contribution in [3.63, 3.8) is 0 Å². The lowest BCUT2D eigenvalue weighted by Crippen LogP contribution is -2.60. The molecule has 0 saturated carbocycles. The first kappa shape index (κ1) is 26.5. The number of carboxylic acid groups (broad SMARTS) is 1. The van der Waals surface area contributed by atoms with E-state index in [1.807, 2.05) is 24.3 Å². The van der Waals surface area contributed by atoms with Gasteiger partial charge in [0.1, 0.15) is 5.75 Å². The van der Waals surface area contributed by atoms with Crippen LogP contribution in [0.25, 0.3) is 5.57 Å². The fourth-order valence-electron chi connectivity index (χ4n) is 6.09. The van der Waals surface area contributed by atoms with E-state index in [1.54, 1.807) is 24.4 Å². The number of hydrogen-bond acceptors (Lipinski definition) is 5. The lowest BCUT2D eigenvalue weighted by atomic mass is 9.62. The fourth-order valence-corrected chi connectivity index (χ4v) is 6.25. The Bertz CT molecular complexity index is 1350. The molecule has 0 spiro atoms. The molecule has 0 amide bonds. The maximum atomic E-state index is 11.8. The summed E-state index contributed by atoms with van der Waals surface area (Å²) < 4.78 is 7.02. The molecule has 2 aromatic rings. The van der Waals surface area contributed by atoms with Gasteiger partial charge in [0.15, 0.2) is 6.61 Å². The first-order chi connectivity index (χ1) is 18.1. The summed E-state index contributed by atoms with van der Waals surface area (Å²) in [6, 6.07) is 8.52. The number of benzene rings is 1. The third-order valence-corrected chi connectivity index (χ3v) is 8.59. The van der Waals surface area contributed by atoms with Crippen molar-refractivity contribution < 1.29 is 29.7 Å². The molecule has 0 bridgehead atoms. The smallest absolute Gasteiger partial charge is 0.335 e. The SMILES string of the molecule is CC1(C)CN(CCC=C2c3cc(C(=O)O)ccc3OCc3c2ccc[n+]3O)CC[C@]1(O)C1C=CC(Cl)=CC1. The Labute approximate surface area is 227 Å². The van der Waals surface area contributed by atoms with Crippen molar-refractivity contribution in [1.82, 2.24) is 4.90 Å². The summed E-state index contributed by atoms with van der Waals surface area (Å²) in [6.45, 7) is 6.75. The maximum Gasteiger partial charge on any atom is 0.335 e. The molecule has 1 fully saturated rings. The van der Waals surface area contributed by atoms with Gasteiger partial charge in [-0.1, -0.05) is 43.7 Å². The normalized spacial score (nSPS) is 25.6. The third-order valence-electron chi connectivity index (χ3n) is 8.31. The number of pyridine rings is 1. The average molecular weight is 538 g/mol. The van der Waals surface area contributed by atoms with Gasteiger partial charge >= 0.3 is 5.97 Å². The van der Waals surface area contributed by atoms with Crippen molar-refractivity contribution in [3.05, 3.63) is 88.2 Å². The Morgan fingerprint density at radius 2 is 2.11 bits per heavy atom. The Morgan fingerprint density at radius 1 is 1.29 bits per heavy atom. The monoisotopic (exact) mass is 537 g/mol. The largest absolute Gasteiger partial charge is 0.482 e. The molecule has 1 unspecified atom stereocenters. The first-order valence-electron chi connectivity index (χ1n) is 13.0. The summed E-state index contributed by atoms with van der Waals surface area (Å²) in [4.78, 5) is 14.1. The number of allylic oxidation sites excluding steroid dienone is 3. The summed E-state index contributed by atoms with van der Waals surface area (Å²) in [6.07, 6.45) is 11.7. The highest BCUT2D eigenvalue weighted by Gasteiger charge is 2.51. The van der Waals surface area contributed by atoms with E-state index in [-0.39, 0.29) is 23.5 Å². The minimum atomic E-state index is -1.00. The second-order valence-corrected chi connectivity index (χ2v) is 11.5. The molecule has 0 radical (unpaired) electrons. The van der Waals surface area contributed by atoms with E-state index in [0.29, 0.717) is 29.8 Å². The number of aromatic nitrogens is 1. The molecule has 38 heavy (non-hydrogen) atoms. The zero-order valence-electron chi connectivity index (χ0n) is 21.7. The Hall–Kier alpha value is -3.13. The van der Waals surface area contributed by atoms with Gasteiger partial charge in [-0.15, -0.1) is 0 Å². The molecule has 5 rings (SSSR count). The van der Waals surface area contributed by atoms with Crippen LogP contribution in [0.3, 0.4) is 0 Å². The molecule has 2 atom stereocenters. The molecular formula is C30H34ClN2O5+. The van der Waals surface area contributed by atoms with Crippen LogP contribution in [0.4, 0.5) is 0 Å². The second-order valence-electron chi connectivity index (χ2n) is 11.0. The molecule has 3 aliphatic rings. The van der Waals surface area contributed by atoms with E-state index in [9.17, 15) is 20.2 Å². The summed E-state index contributed by atoms with van der Waals surface area (Å²) in [5.41, 5.74) is 1.98. The van der Waals surface area contributed by atoms with Crippen LogP contribution in [0.1, 0.15) is 60.3 Å². The Balaban J connectivity index is 1.38. The van der Waals surface area contributed by atoms with Gasteiger partial charge in [0.2, 0.25) is 6.20 Å². The van der Waals surface area contributed by atoms with Crippen molar-refractivity contribution in [2.24, 2.45) is 11.3 Å².